The predicted molar refractivity (Wildman–Crippen MR) is 69.8 cm³/mol. The lowest BCUT2D eigenvalue weighted by Crippen LogP contribution is -2.39. The molecule has 0 aliphatic rings. The molecule has 0 N–H and O–H groups in total. The number of nitrogens with zero attached hydrogens (tertiary/aromatic N) is 1. The molecule has 0 saturated heterocycles. The summed E-state index contributed by atoms with van der Waals surface area (Å²) in [6.45, 7) is 4.11. The molecule has 0 aliphatic carbocycles. The molecule has 0 aromatic heterocycles. The van der Waals surface area contributed by atoms with Gasteiger partial charge in [-0.3, -0.25) is 4.79 Å². The lowest BCUT2D eigenvalue weighted by molar-refractivity contribution is -0.130. The van der Waals surface area contributed by atoms with Gasteiger partial charge in [-0.2, -0.15) is 0 Å². The van der Waals surface area contributed by atoms with Crippen molar-refractivity contribution in [3.05, 3.63) is 0 Å². The highest BCUT2D eigenvalue weighted by molar-refractivity contribution is 9.09. The Balaban J connectivity index is 4.24. The molecule has 4 heteroatoms. The molecule has 1 amide bonds. The third kappa shape index (κ3) is 5.21. The quantitative estimate of drug-likeness (QED) is 0.544. The second kappa shape index (κ2) is 6.74. The van der Waals surface area contributed by atoms with Crippen LogP contribution in [0.15, 0.2) is 0 Å². The number of amides is 1. The summed E-state index contributed by atoms with van der Waals surface area (Å²) in [4.78, 5) is 13.3. The topological polar surface area (TPSA) is 20.3 Å². The first kappa shape index (κ1) is 15.2. The first-order chi connectivity index (χ1) is 6.83. The van der Waals surface area contributed by atoms with E-state index >= 15 is 0 Å². The summed E-state index contributed by atoms with van der Waals surface area (Å²) < 4.78 is 0. The first-order valence-electron chi connectivity index (χ1n) is 5.24. The number of hydrogen-bond acceptors (Lipinski definition) is 1. The van der Waals surface area contributed by atoms with Gasteiger partial charge in [0.05, 0.1) is 0 Å². The summed E-state index contributed by atoms with van der Waals surface area (Å²) >= 11 is 9.59. The molecule has 1 unspecified atom stereocenters. The highest BCUT2D eigenvalue weighted by Gasteiger charge is 2.33. The highest BCUT2D eigenvalue weighted by atomic mass is 79.9. The third-order valence-electron chi connectivity index (χ3n) is 2.55. The summed E-state index contributed by atoms with van der Waals surface area (Å²) in [6, 6.07) is 0. The standard InChI is InChI=1S/C11H21BrClNO/c1-11(2,7-5-6-8-12)9(13)10(15)14(3)4/h9H,5-8H2,1-4H3. The van der Waals surface area contributed by atoms with E-state index in [1.54, 1.807) is 19.0 Å². The van der Waals surface area contributed by atoms with Crippen LogP contribution in [0.2, 0.25) is 0 Å². The van der Waals surface area contributed by atoms with Crippen LogP contribution < -0.4 is 0 Å². The molecular formula is C11H21BrClNO. The Morgan fingerprint density at radius 3 is 2.33 bits per heavy atom. The van der Waals surface area contributed by atoms with E-state index in [-0.39, 0.29) is 11.3 Å². The number of carbonyl (C=O) groups is 1. The van der Waals surface area contributed by atoms with Crippen LogP contribution >= 0.6 is 27.5 Å². The van der Waals surface area contributed by atoms with Crippen molar-refractivity contribution in [1.82, 2.24) is 4.90 Å². The molecule has 0 heterocycles. The van der Waals surface area contributed by atoms with Crippen molar-refractivity contribution < 1.29 is 4.79 Å². The monoisotopic (exact) mass is 297 g/mol. The number of carbonyl (C=O) groups excluding carboxylic acids is 1. The molecule has 0 aromatic carbocycles. The molecule has 15 heavy (non-hydrogen) atoms. The van der Waals surface area contributed by atoms with Gasteiger partial charge < -0.3 is 4.90 Å². The average molecular weight is 299 g/mol. The second-order valence-electron chi connectivity index (χ2n) is 4.73. The van der Waals surface area contributed by atoms with Gasteiger partial charge in [-0.05, 0) is 18.3 Å². The minimum Gasteiger partial charge on any atom is -0.348 e. The molecule has 0 aromatic rings. The Kier molecular flexibility index (Phi) is 6.85. The van der Waals surface area contributed by atoms with E-state index in [9.17, 15) is 4.79 Å². The van der Waals surface area contributed by atoms with Gasteiger partial charge in [-0.25, -0.2) is 0 Å². The van der Waals surface area contributed by atoms with E-state index in [0.717, 1.165) is 24.6 Å². The smallest absolute Gasteiger partial charge is 0.240 e. The molecule has 0 fully saturated rings. The molecule has 90 valence electrons. The van der Waals surface area contributed by atoms with Crippen molar-refractivity contribution in [3.8, 4) is 0 Å². The van der Waals surface area contributed by atoms with Gasteiger partial charge in [-0.1, -0.05) is 36.2 Å². The zero-order valence-corrected chi connectivity index (χ0v) is 12.4. The lowest BCUT2D eigenvalue weighted by atomic mass is 9.83. The zero-order valence-electron chi connectivity index (χ0n) is 10.0. The summed E-state index contributed by atoms with van der Waals surface area (Å²) in [5.74, 6) is 0.000471. The highest BCUT2D eigenvalue weighted by Crippen LogP contribution is 2.32. The van der Waals surface area contributed by atoms with Crippen molar-refractivity contribution in [2.75, 3.05) is 19.4 Å². The van der Waals surface area contributed by atoms with Crippen LogP contribution in [0.1, 0.15) is 33.1 Å². The third-order valence-corrected chi connectivity index (χ3v) is 3.89. The van der Waals surface area contributed by atoms with Crippen LogP contribution in [0.3, 0.4) is 0 Å². The summed E-state index contributed by atoms with van der Waals surface area (Å²) in [5, 5.41) is 0.584. The van der Waals surface area contributed by atoms with E-state index < -0.39 is 5.38 Å². The first-order valence-corrected chi connectivity index (χ1v) is 6.80. The summed E-state index contributed by atoms with van der Waals surface area (Å²) in [5.41, 5.74) is -0.134. The number of hydrogen-bond donors (Lipinski definition) is 0. The second-order valence-corrected chi connectivity index (χ2v) is 5.96. The Morgan fingerprint density at radius 1 is 1.40 bits per heavy atom. The van der Waals surface area contributed by atoms with E-state index in [2.05, 4.69) is 29.8 Å². The van der Waals surface area contributed by atoms with Gasteiger partial charge in [-0.15, -0.1) is 11.6 Å². The van der Waals surface area contributed by atoms with Crippen LogP contribution in [0.25, 0.3) is 0 Å². The van der Waals surface area contributed by atoms with Crippen LogP contribution in [0.5, 0.6) is 0 Å². The molecule has 0 radical (unpaired) electrons. The fourth-order valence-electron chi connectivity index (χ4n) is 1.36. The van der Waals surface area contributed by atoms with Crippen LogP contribution in [-0.2, 0) is 4.79 Å². The Morgan fingerprint density at radius 2 is 1.93 bits per heavy atom. The van der Waals surface area contributed by atoms with Gasteiger partial charge in [0.25, 0.3) is 0 Å². The maximum absolute atomic E-state index is 11.7. The van der Waals surface area contributed by atoms with Gasteiger partial charge in [0.15, 0.2) is 0 Å². The van der Waals surface area contributed by atoms with Crippen molar-refractivity contribution in [2.24, 2.45) is 5.41 Å². The van der Waals surface area contributed by atoms with E-state index in [0.29, 0.717) is 0 Å². The van der Waals surface area contributed by atoms with Crippen molar-refractivity contribution in [1.29, 1.82) is 0 Å². The largest absolute Gasteiger partial charge is 0.348 e. The number of unbranched alkanes of at least 4 members (excludes halogenated alkanes) is 1. The zero-order chi connectivity index (χ0) is 12.1. The number of halogens is 2. The Hall–Kier alpha value is 0.240. The number of alkyl halides is 2. The van der Waals surface area contributed by atoms with Crippen molar-refractivity contribution in [3.63, 3.8) is 0 Å². The fourth-order valence-corrected chi connectivity index (χ4v) is 2.06. The Labute approximate surface area is 106 Å². The fraction of sp³-hybridized carbons (Fsp3) is 0.909. The minimum atomic E-state index is -0.428. The Bertz CT molecular complexity index is 207. The molecule has 0 bridgehead atoms. The minimum absolute atomic E-state index is 0.000471. The van der Waals surface area contributed by atoms with Crippen LogP contribution in [-0.4, -0.2) is 35.6 Å². The van der Waals surface area contributed by atoms with E-state index in [4.69, 9.17) is 11.6 Å². The SMILES string of the molecule is CN(C)C(=O)C(Cl)C(C)(C)CCCCBr. The van der Waals surface area contributed by atoms with Gasteiger partial charge in [0.1, 0.15) is 5.38 Å². The van der Waals surface area contributed by atoms with Crippen LogP contribution in [0.4, 0.5) is 0 Å². The van der Waals surface area contributed by atoms with Gasteiger partial charge in [0, 0.05) is 19.4 Å². The molecule has 0 saturated carbocycles. The predicted octanol–water partition coefficient (Wildman–Crippen LogP) is 3.27. The maximum Gasteiger partial charge on any atom is 0.240 e. The van der Waals surface area contributed by atoms with Crippen molar-refractivity contribution >= 4 is 33.4 Å². The van der Waals surface area contributed by atoms with Crippen molar-refractivity contribution in [2.45, 2.75) is 38.5 Å². The van der Waals surface area contributed by atoms with E-state index in [1.807, 2.05) is 0 Å². The molecule has 0 aliphatic heterocycles. The molecule has 2 nitrogen and oxygen atoms in total. The normalized spacial score (nSPS) is 13.7. The molecule has 0 rings (SSSR count). The molecular weight excluding hydrogens is 277 g/mol. The summed E-state index contributed by atoms with van der Waals surface area (Å²) in [7, 11) is 3.48. The average Bonchev–Trinajstić information content (AvgIpc) is 2.15. The summed E-state index contributed by atoms with van der Waals surface area (Å²) in [6.07, 6.45) is 3.21. The van der Waals surface area contributed by atoms with Crippen LogP contribution in [0, 0.1) is 5.41 Å². The lowest BCUT2D eigenvalue weighted by Gasteiger charge is -2.30. The van der Waals surface area contributed by atoms with Gasteiger partial charge >= 0.3 is 0 Å². The number of rotatable bonds is 6. The molecule has 0 spiro atoms. The van der Waals surface area contributed by atoms with E-state index in [1.165, 1.54) is 0 Å². The van der Waals surface area contributed by atoms with Gasteiger partial charge in [0.2, 0.25) is 5.91 Å². The maximum atomic E-state index is 11.7. The molecule has 1 atom stereocenters.